The molecule has 8 aromatic carbocycles. The molecule has 0 amide bonds. The van der Waals surface area contributed by atoms with Crippen molar-refractivity contribution in [3.63, 3.8) is 0 Å². The van der Waals surface area contributed by atoms with Crippen molar-refractivity contribution >= 4 is 65.4 Å². The average molecular weight is 700 g/mol. The Morgan fingerprint density at radius 2 is 0.945 bits per heavy atom. The van der Waals surface area contributed by atoms with Crippen LogP contribution >= 0.6 is 0 Å². The van der Waals surface area contributed by atoms with Crippen molar-refractivity contribution in [3.05, 3.63) is 187 Å². The summed E-state index contributed by atoms with van der Waals surface area (Å²) in [5, 5.41) is 27.3. The van der Waals surface area contributed by atoms with Gasteiger partial charge in [-0.1, -0.05) is 103 Å². The fourth-order valence-corrected chi connectivity index (χ4v) is 8.85. The van der Waals surface area contributed by atoms with Crippen LogP contribution in [0.15, 0.2) is 176 Å². The van der Waals surface area contributed by atoms with E-state index < -0.39 is 0 Å². The molecule has 11 rings (SSSR count). The molecule has 0 aliphatic heterocycles. The Morgan fingerprint density at radius 3 is 1.64 bits per heavy atom. The number of para-hydroxylation sites is 5. The largest absolute Gasteiger partial charge is 0.309 e. The number of aromatic nitrogens is 3. The van der Waals surface area contributed by atoms with Gasteiger partial charge < -0.3 is 13.7 Å². The molecule has 55 heavy (non-hydrogen) atoms. The second-order valence-electron chi connectivity index (χ2n) is 14.0. The Balaban J connectivity index is 1.19. The minimum absolute atomic E-state index is 0.591. The van der Waals surface area contributed by atoms with Crippen LogP contribution in [0.4, 0.5) is 0 Å². The maximum Gasteiger partial charge on any atom is 0.101 e. The smallest absolute Gasteiger partial charge is 0.101 e. The predicted molar refractivity (Wildman–Crippen MR) is 224 cm³/mol. The number of nitrogens with zero attached hydrogens (tertiary/aromatic N) is 5. The van der Waals surface area contributed by atoms with Crippen LogP contribution in [-0.4, -0.2) is 13.7 Å². The second kappa shape index (κ2) is 11.8. The first-order chi connectivity index (χ1) is 27.2. The van der Waals surface area contributed by atoms with Gasteiger partial charge in [-0.15, -0.1) is 0 Å². The lowest BCUT2D eigenvalue weighted by Crippen LogP contribution is -2.02. The molecule has 0 spiro atoms. The summed E-state index contributed by atoms with van der Waals surface area (Å²) in [7, 11) is 0. The number of hydrogen-bond donors (Lipinski definition) is 0. The van der Waals surface area contributed by atoms with Crippen molar-refractivity contribution in [2.24, 2.45) is 0 Å². The molecule has 0 unspecified atom stereocenters. The molecular formula is C50H29N5. The standard InChI is InChI=1S/C50H29N5/c51-30-32-26-27-46-41(28-32)39-17-3-5-20-42(39)53(46)35-14-9-12-33(29-35)36-19-10-13-34(31-52)50(36)55-45-23-8-4-18-40(45)49-47(24-11-25-48(49)55)54-43-21-6-1-15-37(43)38-16-2-7-22-44(38)54/h1-29H. The normalized spacial score (nSPS) is 11.6. The molecule has 3 heterocycles. The fraction of sp³-hybridized carbons (Fsp3) is 0. The summed E-state index contributed by atoms with van der Waals surface area (Å²) in [6.07, 6.45) is 0. The zero-order valence-electron chi connectivity index (χ0n) is 29.5. The highest BCUT2D eigenvalue weighted by Crippen LogP contribution is 2.43. The van der Waals surface area contributed by atoms with Crippen molar-refractivity contribution in [2.45, 2.75) is 0 Å². The number of fused-ring (bicyclic) bond motifs is 9. The van der Waals surface area contributed by atoms with Crippen LogP contribution in [0.2, 0.25) is 0 Å². The molecule has 3 aromatic heterocycles. The van der Waals surface area contributed by atoms with E-state index in [1.807, 2.05) is 36.4 Å². The van der Waals surface area contributed by atoms with E-state index in [0.29, 0.717) is 11.1 Å². The van der Waals surface area contributed by atoms with Crippen LogP contribution < -0.4 is 0 Å². The predicted octanol–water partition coefficient (Wildman–Crippen LogP) is 12.4. The Hall–Kier alpha value is -7.86. The Morgan fingerprint density at radius 1 is 0.382 bits per heavy atom. The summed E-state index contributed by atoms with van der Waals surface area (Å²) in [4.78, 5) is 0. The molecule has 0 aliphatic carbocycles. The summed E-state index contributed by atoms with van der Waals surface area (Å²) in [5.41, 5.74) is 12.6. The fourth-order valence-electron chi connectivity index (χ4n) is 8.85. The zero-order chi connectivity index (χ0) is 36.6. The van der Waals surface area contributed by atoms with Crippen LogP contribution in [0, 0.1) is 22.7 Å². The van der Waals surface area contributed by atoms with Crippen molar-refractivity contribution in [3.8, 4) is 40.3 Å². The van der Waals surface area contributed by atoms with Gasteiger partial charge in [0, 0.05) is 43.6 Å². The van der Waals surface area contributed by atoms with E-state index in [2.05, 4.69) is 165 Å². The number of hydrogen-bond acceptors (Lipinski definition) is 2. The first-order valence-corrected chi connectivity index (χ1v) is 18.3. The van der Waals surface area contributed by atoms with Crippen molar-refractivity contribution in [1.29, 1.82) is 10.5 Å². The Labute approximate surface area is 316 Å². The molecule has 0 radical (unpaired) electrons. The minimum atomic E-state index is 0.591. The molecular weight excluding hydrogens is 671 g/mol. The van der Waals surface area contributed by atoms with Crippen LogP contribution in [0.5, 0.6) is 0 Å². The van der Waals surface area contributed by atoms with Crippen molar-refractivity contribution in [1.82, 2.24) is 13.7 Å². The van der Waals surface area contributed by atoms with E-state index >= 15 is 0 Å². The van der Waals surface area contributed by atoms with Gasteiger partial charge in [0.15, 0.2) is 0 Å². The van der Waals surface area contributed by atoms with E-state index in [1.165, 1.54) is 10.8 Å². The van der Waals surface area contributed by atoms with Crippen LogP contribution in [0.3, 0.4) is 0 Å². The van der Waals surface area contributed by atoms with Gasteiger partial charge in [0.25, 0.3) is 0 Å². The van der Waals surface area contributed by atoms with E-state index in [4.69, 9.17) is 0 Å². The molecule has 254 valence electrons. The Kier molecular flexibility index (Phi) is 6.61. The van der Waals surface area contributed by atoms with Gasteiger partial charge in [-0.2, -0.15) is 10.5 Å². The van der Waals surface area contributed by atoms with Crippen LogP contribution in [-0.2, 0) is 0 Å². The molecule has 5 heteroatoms. The first-order valence-electron chi connectivity index (χ1n) is 18.3. The lowest BCUT2D eigenvalue weighted by Gasteiger charge is -2.17. The van der Waals surface area contributed by atoms with Gasteiger partial charge in [0.2, 0.25) is 0 Å². The third-order valence-corrected chi connectivity index (χ3v) is 11.1. The Bertz CT molecular complexity index is 3420. The third kappa shape index (κ3) is 4.39. The maximum absolute atomic E-state index is 10.8. The maximum atomic E-state index is 10.8. The topological polar surface area (TPSA) is 62.4 Å². The molecule has 0 atom stereocenters. The van der Waals surface area contributed by atoms with Gasteiger partial charge in [0.05, 0.1) is 61.7 Å². The molecule has 0 bridgehead atoms. The van der Waals surface area contributed by atoms with E-state index in [-0.39, 0.29) is 0 Å². The lowest BCUT2D eigenvalue weighted by atomic mass is 9.99. The number of nitriles is 2. The molecule has 5 nitrogen and oxygen atoms in total. The third-order valence-electron chi connectivity index (χ3n) is 11.1. The first kappa shape index (κ1) is 30.7. The lowest BCUT2D eigenvalue weighted by molar-refractivity contribution is 1.16. The highest BCUT2D eigenvalue weighted by Gasteiger charge is 2.23. The van der Waals surface area contributed by atoms with Gasteiger partial charge in [-0.05, 0) is 78.4 Å². The molecule has 11 aromatic rings. The number of benzene rings is 8. The number of rotatable bonds is 4. The summed E-state index contributed by atoms with van der Waals surface area (Å²) >= 11 is 0. The quantitative estimate of drug-likeness (QED) is 0.184. The van der Waals surface area contributed by atoms with Crippen LogP contribution in [0.25, 0.3) is 93.6 Å². The summed E-state index contributed by atoms with van der Waals surface area (Å²) < 4.78 is 6.93. The van der Waals surface area contributed by atoms with Gasteiger partial charge in [0.1, 0.15) is 6.07 Å². The van der Waals surface area contributed by atoms with Crippen LogP contribution in [0.1, 0.15) is 11.1 Å². The molecule has 0 N–H and O–H groups in total. The summed E-state index contributed by atoms with van der Waals surface area (Å²) in [6, 6.07) is 65.9. The minimum Gasteiger partial charge on any atom is -0.309 e. The highest BCUT2D eigenvalue weighted by molar-refractivity contribution is 6.17. The van der Waals surface area contributed by atoms with E-state index in [9.17, 15) is 10.5 Å². The summed E-state index contributed by atoms with van der Waals surface area (Å²) in [5.74, 6) is 0. The molecule has 0 aliphatic rings. The SMILES string of the molecule is N#Cc1ccc2c(c1)c1ccccc1n2-c1cccc(-c2cccc(C#N)c2-n2c3ccccc3c3c(-n4c5ccccc5c5ccccc54)cccc32)c1. The van der Waals surface area contributed by atoms with E-state index in [0.717, 1.165) is 82.8 Å². The monoisotopic (exact) mass is 699 g/mol. The van der Waals surface area contributed by atoms with Gasteiger partial charge >= 0.3 is 0 Å². The molecule has 0 saturated carbocycles. The zero-order valence-corrected chi connectivity index (χ0v) is 29.5. The average Bonchev–Trinajstić information content (AvgIpc) is 3.89. The molecule has 0 fully saturated rings. The molecule has 0 saturated heterocycles. The van der Waals surface area contributed by atoms with E-state index in [1.54, 1.807) is 0 Å². The highest BCUT2D eigenvalue weighted by atomic mass is 15.0. The van der Waals surface area contributed by atoms with Gasteiger partial charge in [-0.3, -0.25) is 0 Å². The second-order valence-corrected chi connectivity index (χ2v) is 14.0. The van der Waals surface area contributed by atoms with Crippen molar-refractivity contribution < 1.29 is 0 Å². The van der Waals surface area contributed by atoms with Crippen molar-refractivity contribution in [2.75, 3.05) is 0 Å². The summed E-state index contributed by atoms with van der Waals surface area (Å²) in [6.45, 7) is 0. The van der Waals surface area contributed by atoms with Gasteiger partial charge in [-0.25, -0.2) is 0 Å².